The van der Waals surface area contributed by atoms with Gasteiger partial charge in [0.15, 0.2) is 0 Å². The first-order valence-corrected chi connectivity index (χ1v) is 10.1. The normalized spacial score (nSPS) is 12.2. The second-order valence-electron chi connectivity index (χ2n) is 7.27. The van der Waals surface area contributed by atoms with E-state index in [4.69, 9.17) is 4.74 Å². The van der Waals surface area contributed by atoms with Crippen molar-refractivity contribution in [1.82, 2.24) is 0 Å². The highest BCUT2D eigenvalue weighted by molar-refractivity contribution is 5.94. The Balaban J connectivity index is 1.81. The molecule has 0 atom stereocenters. The van der Waals surface area contributed by atoms with Crippen molar-refractivity contribution in [3.05, 3.63) is 89.5 Å². The average molecular weight is 401 g/mol. The molecule has 0 radical (unpaired) electrons. The number of fused-ring (bicyclic) bond motifs is 3. The number of ether oxygens (including phenoxy) is 1. The maximum absolute atomic E-state index is 13.2. The molecule has 0 unspecified atom stereocenters. The summed E-state index contributed by atoms with van der Waals surface area (Å²) >= 11 is 0. The lowest BCUT2D eigenvalue weighted by Gasteiger charge is -2.30. The Morgan fingerprint density at radius 1 is 0.900 bits per heavy atom. The van der Waals surface area contributed by atoms with Crippen molar-refractivity contribution in [2.75, 3.05) is 11.5 Å². The van der Waals surface area contributed by atoms with Gasteiger partial charge in [0.1, 0.15) is 0 Å². The Bertz CT molecular complexity index is 1030. The van der Waals surface area contributed by atoms with E-state index in [1.165, 1.54) is 12.1 Å². The van der Waals surface area contributed by atoms with Gasteiger partial charge in [-0.2, -0.15) is 0 Å². The van der Waals surface area contributed by atoms with Crippen LogP contribution in [-0.2, 0) is 4.74 Å². The largest absolute Gasteiger partial charge is 0.478 e. The monoisotopic (exact) mass is 401 g/mol. The minimum absolute atomic E-state index is 0.172. The van der Waals surface area contributed by atoms with E-state index in [9.17, 15) is 14.7 Å². The van der Waals surface area contributed by atoms with Crippen molar-refractivity contribution in [3.8, 4) is 11.1 Å². The molecule has 0 aromatic heterocycles. The molecule has 4 rings (SSSR count). The highest BCUT2D eigenvalue weighted by Gasteiger charge is 2.37. The number of hydrogen-bond donors (Lipinski definition) is 1. The van der Waals surface area contributed by atoms with E-state index < -0.39 is 12.1 Å². The van der Waals surface area contributed by atoms with Crippen molar-refractivity contribution in [2.45, 2.75) is 25.8 Å². The minimum atomic E-state index is -1.00. The minimum Gasteiger partial charge on any atom is -0.478 e. The van der Waals surface area contributed by atoms with Crippen LogP contribution in [0.25, 0.3) is 11.1 Å². The Hall–Kier alpha value is -3.60. The number of carboxylic acids is 1. The van der Waals surface area contributed by atoms with Crippen LogP contribution >= 0.6 is 0 Å². The van der Waals surface area contributed by atoms with Crippen LogP contribution in [-0.4, -0.2) is 23.8 Å². The molecule has 0 aliphatic heterocycles. The quantitative estimate of drug-likeness (QED) is 0.522. The predicted octanol–water partition coefficient (Wildman–Crippen LogP) is 5.90. The molecule has 5 nitrogen and oxygen atoms in total. The maximum atomic E-state index is 13.2. The summed E-state index contributed by atoms with van der Waals surface area (Å²) in [7, 11) is 0. The third-order valence-corrected chi connectivity index (χ3v) is 5.37. The number of carboxylic acid groups (broad SMARTS) is 1. The number of nitrogens with zero attached hydrogens (tertiary/aromatic N) is 1. The number of amides is 1. The number of hydrogen-bond acceptors (Lipinski definition) is 3. The molecule has 1 amide bonds. The smallest absolute Gasteiger partial charge is 0.415 e. The molecular formula is C25H23NO4. The summed E-state index contributed by atoms with van der Waals surface area (Å²) in [6, 6.07) is 22.1. The molecule has 3 aromatic carbocycles. The predicted molar refractivity (Wildman–Crippen MR) is 116 cm³/mol. The summed E-state index contributed by atoms with van der Waals surface area (Å²) in [5.74, 6) is -1.00. The van der Waals surface area contributed by atoms with E-state index in [1.807, 2.05) is 43.3 Å². The van der Waals surface area contributed by atoms with E-state index in [-0.39, 0.29) is 11.6 Å². The van der Waals surface area contributed by atoms with Gasteiger partial charge in [0.25, 0.3) is 0 Å². The average Bonchev–Trinajstić information content (AvgIpc) is 3.09. The van der Waals surface area contributed by atoms with Crippen LogP contribution in [0.5, 0.6) is 0 Å². The van der Waals surface area contributed by atoms with Crippen molar-refractivity contribution in [2.24, 2.45) is 0 Å². The molecule has 0 bridgehead atoms. The molecule has 152 valence electrons. The van der Waals surface area contributed by atoms with Gasteiger partial charge in [0, 0.05) is 5.69 Å². The first-order chi connectivity index (χ1) is 14.6. The molecule has 30 heavy (non-hydrogen) atoms. The second kappa shape index (κ2) is 8.41. The van der Waals surface area contributed by atoms with Crippen molar-refractivity contribution < 1.29 is 19.4 Å². The van der Waals surface area contributed by atoms with Crippen LogP contribution in [0.4, 0.5) is 10.5 Å². The van der Waals surface area contributed by atoms with Gasteiger partial charge in [-0.1, -0.05) is 61.9 Å². The number of unbranched alkanes of at least 4 members (excludes halogenated alkanes) is 1. The first-order valence-electron chi connectivity index (χ1n) is 10.1. The third-order valence-electron chi connectivity index (χ3n) is 5.37. The zero-order chi connectivity index (χ0) is 21.1. The van der Waals surface area contributed by atoms with Crippen molar-refractivity contribution >= 4 is 17.7 Å². The summed E-state index contributed by atoms with van der Waals surface area (Å²) in [4.78, 5) is 26.1. The number of rotatable bonds is 6. The van der Waals surface area contributed by atoms with Gasteiger partial charge in [-0.15, -0.1) is 0 Å². The molecule has 5 heteroatoms. The van der Waals surface area contributed by atoms with E-state index in [0.717, 1.165) is 35.1 Å². The van der Waals surface area contributed by atoms with Gasteiger partial charge >= 0.3 is 12.1 Å². The lowest BCUT2D eigenvalue weighted by atomic mass is 10.0. The number of benzene rings is 3. The van der Waals surface area contributed by atoms with Crippen LogP contribution in [0.3, 0.4) is 0 Å². The molecule has 0 heterocycles. The van der Waals surface area contributed by atoms with Crippen LogP contribution < -0.4 is 4.90 Å². The summed E-state index contributed by atoms with van der Waals surface area (Å²) in [6.45, 7) is 2.38. The fourth-order valence-electron chi connectivity index (χ4n) is 3.91. The number of carbonyl (C=O) groups is 2. The highest BCUT2D eigenvalue weighted by atomic mass is 16.6. The van der Waals surface area contributed by atoms with E-state index in [0.29, 0.717) is 12.3 Å². The zero-order valence-electron chi connectivity index (χ0n) is 16.7. The summed E-state index contributed by atoms with van der Waals surface area (Å²) in [5.41, 5.74) is 4.99. The summed E-state index contributed by atoms with van der Waals surface area (Å²) < 4.78 is 5.59. The summed E-state index contributed by atoms with van der Waals surface area (Å²) in [6.07, 6.45) is 1.27. The van der Waals surface area contributed by atoms with E-state index in [1.54, 1.807) is 17.0 Å². The topological polar surface area (TPSA) is 66.8 Å². The second-order valence-corrected chi connectivity index (χ2v) is 7.27. The van der Waals surface area contributed by atoms with Crippen LogP contribution in [0.1, 0.15) is 47.3 Å². The van der Waals surface area contributed by atoms with Crippen LogP contribution in [0, 0.1) is 0 Å². The Morgan fingerprint density at radius 3 is 2.00 bits per heavy atom. The highest BCUT2D eigenvalue weighted by Crippen LogP contribution is 2.47. The lowest BCUT2D eigenvalue weighted by molar-refractivity contribution is 0.0697. The first kappa shape index (κ1) is 19.7. The Labute approximate surface area is 175 Å². The van der Waals surface area contributed by atoms with E-state index >= 15 is 0 Å². The third kappa shape index (κ3) is 3.54. The number of anilines is 1. The van der Waals surface area contributed by atoms with Gasteiger partial charge < -0.3 is 9.84 Å². The Kier molecular flexibility index (Phi) is 5.53. The molecular weight excluding hydrogens is 378 g/mol. The van der Waals surface area contributed by atoms with Crippen LogP contribution in [0.15, 0.2) is 72.8 Å². The van der Waals surface area contributed by atoms with Crippen molar-refractivity contribution in [1.29, 1.82) is 0 Å². The lowest BCUT2D eigenvalue weighted by Crippen LogP contribution is -2.35. The molecule has 1 N–H and O–H groups in total. The van der Waals surface area contributed by atoms with E-state index in [2.05, 4.69) is 12.1 Å². The SMILES string of the molecule is CCCCOC(=O)N(c1ccc(C(=O)O)cc1)C1c2ccccc2-c2ccccc21. The van der Waals surface area contributed by atoms with Gasteiger partial charge in [0.2, 0.25) is 0 Å². The Morgan fingerprint density at radius 2 is 1.47 bits per heavy atom. The fraction of sp³-hybridized carbons (Fsp3) is 0.200. The molecule has 0 spiro atoms. The fourth-order valence-corrected chi connectivity index (χ4v) is 3.91. The molecule has 0 saturated carbocycles. The van der Waals surface area contributed by atoms with Gasteiger partial charge in [-0.3, -0.25) is 4.90 Å². The number of carbonyl (C=O) groups excluding carboxylic acids is 1. The molecule has 3 aromatic rings. The molecule has 0 fully saturated rings. The van der Waals surface area contributed by atoms with Gasteiger partial charge in [-0.25, -0.2) is 9.59 Å². The molecule has 1 aliphatic rings. The van der Waals surface area contributed by atoms with Gasteiger partial charge in [0.05, 0.1) is 18.2 Å². The summed E-state index contributed by atoms with van der Waals surface area (Å²) in [5, 5.41) is 9.23. The van der Waals surface area contributed by atoms with Gasteiger partial charge in [-0.05, 0) is 52.9 Å². The standard InChI is InChI=1S/C25H23NO4/c1-2-3-16-30-25(29)26(18-14-12-17(13-15-18)24(27)28)23-21-10-6-4-8-19(21)20-9-5-7-11-22(20)23/h4-15,23H,2-3,16H2,1H3,(H,27,28). The maximum Gasteiger partial charge on any atom is 0.415 e. The van der Waals surface area contributed by atoms with Crippen molar-refractivity contribution in [3.63, 3.8) is 0 Å². The number of aromatic carboxylic acids is 1. The molecule has 1 aliphatic carbocycles. The molecule has 0 saturated heterocycles. The van der Waals surface area contributed by atoms with Crippen LogP contribution in [0.2, 0.25) is 0 Å². The zero-order valence-corrected chi connectivity index (χ0v) is 16.7.